The molecule has 0 saturated carbocycles. The zero-order valence-electron chi connectivity index (χ0n) is 16.7. The first-order valence-corrected chi connectivity index (χ1v) is 9.29. The van der Waals surface area contributed by atoms with Gasteiger partial charge in [-0.2, -0.15) is 0 Å². The molecule has 0 aliphatic carbocycles. The summed E-state index contributed by atoms with van der Waals surface area (Å²) in [6.45, 7) is 4.77. The van der Waals surface area contributed by atoms with E-state index in [1.54, 1.807) is 19.9 Å². The SMILES string of the molecule is COc1ccc(F)c(CN2CCC[C@@](O)(CN(C)CCC(C)(C)O)C2=O)c1. The Morgan fingerprint density at radius 2 is 2.11 bits per heavy atom. The molecular formula is C20H31FN2O4. The number of likely N-dealkylation sites (N-methyl/N-ethyl adjacent to an activating group) is 1. The van der Waals surface area contributed by atoms with E-state index in [0.29, 0.717) is 43.7 Å². The molecule has 1 saturated heterocycles. The summed E-state index contributed by atoms with van der Waals surface area (Å²) in [4.78, 5) is 16.3. The first kappa shape index (κ1) is 21.6. The average molecular weight is 382 g/mol. The highest BCUT2D eigenvalue weighted by atomic mass is 19.1. The van der Waals surface area contributed by atoms with Gasteiger partial charge in [0, 0.05) is 31.7 Å². The van der Waals surface area contributed by atoms with E-state index >= 15 is 0 Å². The molecular weight excluding hydrogens is 351 g/mol. The monoisotopic (exact) mass is 382 g/mol. The van der Waals surface area contributed by atoms with Crippen molar-refractivity contribution < 1.29 is 24.1 Å². The Morgan fingerprint density at radius 1 is 1.41 bits per heavy atom. The van der Waals surface area contributed by atoms with Gasteiger partial charge in [0.15, 0.2) is 5.60 Å². The highest BCUT2D eigenvalue weighted by Gasteiger charge is 2.43. The number of benzene rings is 1. The van der Waals surface area contributed by atoms with Gasteiger partial charge in [0.05, 0.1) is 12.7 Å². The molecule has 1 amide bonds. The number of halogens is 1. The summed E-state index contributed by atoms with van der Waals surface area (Å²) in [5.41, 5.74) is -1.94. The lowest BCUT2D eigenvalue weighted by atomic mass is 9.90. The molecule has 1 heterocycles. The standard InChI is InChI=1S/C20H31FN2O4/c1-19(2,25)9-11-22(3)14-20(26)8-5-10-23(18(20)24)13-15-12-16(27-4)6-7-17(15)21/h6-7,12,25-26H,5,8-11,13-14H2,1-4H3/t20-/m1/s1. The van der Waals surface area contributed by atoms with Gasteiger partial charge in [0.1, 0.15) is 11.6 Å². The molecule has 6 nitrogen and oxygen atoms in total. The van der Waals surface area contributed by atoms with Crippen LogP contribution in [0.2, 0.25) is 0 Å². The quantitative estimate of drug-likeness (QED) is 0.717. The number of nitrogens with zero attached hydrogens (tertiary/aromatic N) is 2. The lowest BCUT2D eigenvalue weighted by molar-refractivity contribution is -0.160. The van der Waals surface area contributed by atoms with Crippen molar-refractivity contribution in [2.24, 2.45) is 0 Å². The van der Waals surface area contributed by atoms with Crippen molar-refractivity contribution in [2.45, 2.75) is 50.9 Å². The maximum atomic E-state index is 14.1. The first-order valence-electron chi connectivity index (χ1n) is 9.29. The number of carbonyl (C=O) groups excluding carboxylic acids is 1. The molecule has 1 aromatic rings. The summed E-state index contributed by atoms with van der Waals surface area (Å²) >= 11 is 0. The number of aliphatic hydroxyl groups is 2. The molecule has 2 rings (SSSR count). The summed E-state index contributed by atoms with van der Waals surface area (Å²) in [6.07, 6.45) is 1.55. The summed E-state index contributed by atoms with van der Waals surface area (Å²) in [6, 6.07) is 4.43. The summed E-state index contributed by atoms with van der Waals surface area (Å²) in [7, 11) is 3.32. The van der Waals surface area contributed by atoms with E-state index in [-0.39, 0.29) is 19.0 Å². The third kappa shape index (κ3) is 5.89. The Balaban J connectivity index is 2.06. The minimum absolute atomic E-state index is 0.0948. The topological polar surface area (TPSA) is 73.2 Å². The molecule has 2 N–H and O–H groups in total. The predicted molar refractivity (Wildman–Crippen MR) is 101 cm³/mol. The minimum atomic E-state index is -1.50. The van der Waals surface area contributed by atoms with Gasteiger partial charge in [-0.3, -0.25) is 4.79 Å². The third-order valence-electron chi connectivity index (χ3n) is 4.95. The molecule has 7 heteroatoms. The van der Waals surface area contributed by atoms with Crippen molar-refractivity contribution in [2.75, 3.05) is 33.8 Å². The van der Waals surface area contributed by atoms with E-state index in [4.69, 9.17) is 4.74 Å². The lowest BCUT2D eigenvalue weighted by Gasteiger charge is -2.40. The predicted octanol–water partition coefficient (Wildman–Crippen LogP) is 1.78. The lowest BCUT2D eigenvalue weighted by Crippen LogP contribution is -2.58. The third-order valence-corrected chi connectivity index (χ3v) is 4.95. The maximum Gasteiger partial charge on any atom is 0.256 e. The van der Waals surface area contributed by atoms with Gasteiger partial charge in [-0.25, -0.2) is 4.39 Å². The van der Waals surface area contributed by atoms with Crippen molar-refractivity contribution >= 4 is 5.91 Å². The Bertz CT molecular complexity index is 662. The molecule has 0 unspecified atom stereocenters. The van der Waals surface area contributed by atoms with Crippen molar-refractivity contribution in [3.8, 4) is 5.75 Å². The zero-order valence-corrected chi connectivity index (χ0v) is 16.7. The van der Waals surface area contributed by atoms with Crippen LogP contribution in [0.15, 0.2) is 18.2 Å². The van der Waals surface area contributed by atoms with Crippen molar-refractivity contribution in [1.82, 2.24) is 9.80 Å². The fourth-order valence-corrected chi connectivity index (χ4v) is 3.36. The van der Waals surface area contributed by atoms with Gasteiger partial charge in [-0.05, 0) is 58.4 Å². The Labute approximate surface area is 160 Å². The van der Waals surface area contributed by atoms with Gasteiger partial charge in [0.2, 0.25) is 0 Å². The number of hydrogen-bond acceptors (Lipinski definition) is 5. The number of amides is 1. The van der Waals surface area contributed by atoms with Crippen LogP contribution in [0.4, 0.5) is 4.39 Å². The summed E-state index contributed by atoms with van der Waals surface area (Å²) in [5, 5.41) is 20.8. The van der Waals surface area contributed by atoms with Crippen molar-refractivity contribution in [3.05, 3.63) is 29.6 Å². The van der Waals surface area contributed by atoms with E-state index in [1.807, 2.05) is 11.9 Å². The second-order valence-corrected chi connectivity index (χ2v) is 8.12. The zero-order chi connectivity index (χ0) is 20.2. The Hall–Kier alpha value is -1.70. The van der Waals surface area contributed by atoms with Crippen LogP contribution in [-0.4, -0.2) is 70.9 Å². The van der Waals surface area contributed by atoms with E-state index in [2.05, 4.69) is 0 Å². The van der Waals surface area contributed by atoms with Crippen LogP contribution in [0.5, 0.6) is 5.75 Å². The number of methoxy groups -OCH3 is 1. The van der Waals surface area contributed by atoms with Crippen LogP contribution in [0.1, 0.15) is 38.7 Å². The largest absolute Gasteiger partial charge is 0.497 e. The molecule has 152 valence electrons. The average Bonchev–Trinajstić information content (AvgIpc) is 2.58. The smallest absolute Gasteiger partial charge is 0.256 e. The summed E-state index contributed by atoms with van der Waals surface area (Å²) in [5.74, 6) is -0.261. The number of ether oxygens (including phenoxy) is 1. The van der Waals surface area contributed by atoms with Crippen LogP contribution < -0.4 is 4.74 Å². The van der Waals surface area contributed by atoms with Gasteiger partial charge >= 0.3 is 0 Å². The molecule has 0 aromatic heterocycles. The maximum absolute atomic E-state index is 14.1. The molecule has 0 radical (unpaired) electrons. The first-order chi connectivity index (χ1) is 12.5. The number of likely N-dealkylation sites (tertiary alicyclic amines) is 1. The Kier molecular flexibility index (Phi) is 6.83. The molecule has 1 fully saturated rings. The molecule has 0 spiro atoms. The van der Waals surface area contributed by atoms with Crippen LogP contribution in [0, 0.1) is 5.82 Å². The fraction of sp³-hybridized carbons (Fsp3) is 0.650. The van der Waals surface area contributed by atoms with E-state index in [0.717, 1.165) is 0 Å². The highest BCUT2D eigenvalue weighted by Crippen LogP contribution is 2.27. The highest BCUT2D eigenvalue weighted by molar-refractivity contribution is 5.86. The van der Waals surface area contributed by atoms with Gasteiger partial charge in [0.25, 0.3) is 5.91 Å². The fourth-order valence-electron chi connectivity index (χ4n) is 3.36. The number of carbonyl (C=O) groups is 1. The van der Waals surface area contributed by atoms with Gasteiger partial charge in [-0.15, -0.1) is 0 Å². The van der Waals surface area contributed by atoms with Crippen LogP contribution >= 0.6 is 0 Å². The normalized spacial score (nSPS) is 21.0. The molecule has 1 aromatic carbocycles. The molecule has 27 heavy (non-hydrogen) atoms. The van der Waals surface area contributed by atoms with Crippen molar-refractivity contribution in [3.63, 3.8) is 0 Å². The van der Waals surface area contributed by atoms with Crippen LogP contribution in [0.25, 0.3) is 0 Å². The summed E-state index contributed by atoms with van der Waals surface area (Å²) < 4.78 is 19.2. The van der Waals surface area contributed by atoms with E-state index < -0.39 is 17.0 Å². The van der Waals surface area contributed by atoms with Crippen LogP contribution in [-0.2, 0) is 11.3 Å². The number of piperidine rings is 1. The second-order valence-electron chi connectivity index (χ2n) is 8.12. The van der Waals surface area contributed by atoms with Gasteiger partial charge < -0.3 is 24.7 Å². The molecule has 1 atom stereocenters. The second kappa shape index (κ2) is 8.54. The van der Waals surface area contributed by atoms with Gasteiger partial charge in [-0.1, -0.05) is 0 Å². The van der Waals surface area contributed by atoms with Crippen molar-refractivity contribution in [1.29, 1.82) is 0 Å². The Morgan fingerprint density at radius 3 is 2.74 bits per heavy atom. The molecule has 1 aliphatic rings. The molecule has 1 aliphatic heterocycles. The van der Waals surface area contributed by atoms with E-state index in [9.17, 15) is 19.4 Å². The minimum Gasteiger partial charge on any atom is -0.497 e. The van der Waals surface area contributed by atoms with Crippen LogP contribution in [0.3, 0.4) is 0 Å². The number of rotatable bonds is 8. The van der Waals surface area contributed by atoms with E-state index in [1.165, 1.54) is 24.1 Å². The number of hydrogen-bond donors (Lipinski definition) is 2. The molecule has 0 bridgehead atoms.